The normalized spacial score (nSPS) is 26.1. The van der Waals surface area contributed by atoms with Crippen molar-refractivity contribution in [1.82, 2.24) is 14.7 Å². The van der Waals surface area contributed by atoms with Crippen LogP contribution >= 0.6 is 0 Å². The fourth-order valence-corrected chi connectivity index (χ4v) is 6.31. The zero-order chi connectivity index (χ0) is 24.3. The highest BCUT2D eigenvalue weighted by Gasteiger charge is 2.46. The summed E-state index contributed by atoms with van der Waals surface area (Å²) in [5, 5.41) is 7.13. The molecule has 3 fully saturated rings. The van der Waals surface area contributed by atoms with E-state index in [1.165, 1.54) is 0 Å². The summed E-state index contributed by atoms with van der Waals surface area (Å²) >= 11 is 0. The molecule has 3 heterocycles. The first-order valence-corrected chi connectivity index (χ1v) is 12.2. The molecule has 0 unspecified atom stereocenters. The number of rotatable bonds is 3. The molecule has 6 rings (SSSR count). The largest absolute Gasteiger partial charge is 0.447 e. The number of fused-ring (bicyclic) bond motifs is 3. The number of amides is 3. The van der Waals surface area contributed by atoms with Crippen LogP contribution in [-0.2, 0) is 11.3 Å². The number of nitrogens with one attached hydrogen (secondary N) is 1. The minimum absolute atomic E-state index is 0.0624. The van der Waals surface area contributed by atoms with Crippen LogP contribution in [0.2, 0.25) is 0 Å². The van der Waals surface area contributed by atoms with E-state index >= 15 is 0 Å². The molecular formula is C24H26F3N5O3. The van der Waals surface area contributed by atoms with Crippen molar-refractivity contribution in [2.75, 3.05) is 16.8 Å². The molecule has 3 amide bonds. The number of carbonyl (C=O) groups excluding carboxylic acids is 2. The quantitative estimate of drug-likeness (QED) is 0.619. The number of nitrogens with zero attached hydrogens (tertiary/aromatic N) is 4. The summed E-state index contributed by atoms with van der Waals surface area (Å²) in [7, 11) is 0. The van der Waals surface area contributed by atoms with Gasteiger partial charge in [0.25, 0.3) is 0 Å². The number of hydrogen-bond acceptors (Lipinski definition) is 4. The van der Waals surface area contributed by atoms with E-state index in [-0.39, 0.29) is 30.4 Å². The Balaban J connectivity index is 1.31. The van der Waals surface area contributed by atoms with Gasteiger partial charge in [-0.25, -0.2) is 22.8 Å². The third-order valence-corrected chi connectivity index (χ3v) is 7.96. The summed E-state index contributed by atoms with van der Waals surface area (Å²) in [6, 6.07) is 0.697. The van der Waals surface area contributed by atoms with Crippen LogP contribution in [0, 0.1) is 23.4 Å². The number of urea groups is 1. The van der Waals surface area contributed by atoms with Crippen LogP contribution in [0.25, 0.3) is 0 Å². The monoisotopic (exact) mass is 489 g/mol. The van der Waals surface area contributed by atoms with E-state index in [4.69, 9.17) is 4.74 Å². The SMILES string of the molecule is O=C(Nc1cc(F)c(F)c(F)c1)N1Cc2c(N3C(=O)OC[C@@H]3C3CCCC3)cnn2[C@@H]2CCC[C@@H]21. The van der Waals surface area contributed by atoms with Gasteiger partial charge in [0, 0.05) is 17.8 Å². The molecule has 0 spiro atoms. The number of carbonyl (C=O) groups is 2. The Labute approximate surface area is 200 Å². The molecule has 0 radical (unpaired) electrons. The van der Waals surface area contributed by atoms with E-state index in [0.717, 1.165) is 62.8 Å². The minimum atomic E-state index is -1.58. The maximum absolute atomic E-state index is 13.7. The van der Waals surface area contributed by atoms with E-state index in [2.05, 4.69) is 10.4 Å². The van der Waals surface area contributed by atoms with E-state index < -0.39 is 29.6 Å². The topological polar surface area (TPSA) is 79.7 Å². The summed E-state index contributed by atoms with van der Waals surface area (Å²) in [5.74, 6) is -3.96. The minimum Gasteiger partial charge on any atom is -0.447 e. The van der Waals surface area contributed by atoms with Gasteiger partial charge in [0.1, 0.15) is 6.61 Å². The van der Waals surface area contributed by atoms with Crippen LogP contribution < -0.4 is 10.2 Å². The lowest BCUT2D eigenvalue weighted by atomic mass is 9.97. The fraction of sp³-hybridized carbons (Fsp3) is 0.542. The first kappa shape index (κ1) is 22.2. The lowest BCUT2D eigenvalue weighted by Crippen LogP contribution is -2.49. The molecule has 8 nitrogen and oxygen atoms in total. The molecule has 2 saturated carbocycles. The van der Waals surface area contributed by atoms with Crippen LogP contribution in [-0.4, -0.2) is 45.5 Å². The van der Waals surface area contributed by atoms with Gasteiger partial charge in [0.2, 0.25) is 0 Å². The second-order valence-corrected chi connectivity index (χ2v) is 9.86. The zero-order valence-corrected chi connectivity index (χ0v) is 19.1. The second kappa shape index (κ2) is 8.46. The molecule has 0 bridgehead atoms. The van der Waals surface area contributed by atoms with Gasteiger partial charge >= 0.3 is 12.1 Å². The Morgan fingerprint density at radius 2 is 1.71 bits per heavy atom. The molecule has 1 saturated heterocycles. The summed E-state index contributed by atoms with van der Waals surface area (Å²) in [6.07, 6.45) is 8.12. The van der Waals surface area contributed by atoms with E-state index in [9.17, 15) is 22.8 Å². The number of halogens is 3. The van der Waals surface area contributed by atoms with Crippen LogP contribution in [0.1, 0.15) is 56.7 Å². The predicted molar refractivity (Wildman–Crippen MR) is 119 cm³/mol. The van der Waals surface area contributed by atoms with Gasteiger partial charge in [-0.15, -0.1) is 0 Å². The van der Waals surface area contributed by atoms with Crippen LogP contribution in [0.5, 0.6) is 0 Å². The van der Waals surface area contributed by atoms with Gasteiger partial charge < -0.3 is 15.0 Å². The molecule has 1 aromatic carbocycles. The van der Waals surface area contributed by atoms with Gasteiger partial charge in [-0.05, 0) is 38.0 Å². The molecule has 2 aliphatic carbocycles. The van der Waals surface area contributed by atoms with Crippen LogP contribution in [0.15, 0.2) is 18.3 Å². The first-order chi connectivity index (χ1) is 16.9. The number of cyclic esters (lactones) is 1. The zero-order valence-electron chi connectivity index (χ0n) is 19.1. The van der Waals surface area contributed by atoms with Gasteiger partial charge in [0.05, 0.1) is 42.2 Å². The highest BCUT2D eigenvalue weighted by atomic mass is 19.2. The van der Waals surface area contributed by atoms with Gasteiger partial charge in [0.15, 0.2) is 17.5 Å². The van der Waals surface area contributed by atoms with E-state index in [0.29, 0.717) is 18.2 Å². The number of anilines is 2. The third kappa shape index (κ3) is 3.63. The van der Waals surface area contributed by atoms with E-state index in [1.807, 2.05) is 4.68 Å². The second-order valence-electron chi connectivity index (χ2n) is 9.86. The van der Waals surface area contributed by atoms with Crippen LogP contribution in [0.3, 0.4) is 0 Å². The summed E-state index contributed by atoms with van der Waals surface area (Å²) in [4.78, 5) is 29.4. The van der Waals surface area contributed by atoms with Gasteiger partial charge in [-0.1, -0.05) is 12.8 Å². The maximum Gasteiger partial charge on any atom is 0.414 e. The molecule has 4 aliphatic rings. The number of benzene rings is 1. The number of hydrogen-bond donors (Lipinski definition) is 1. The third-order valence-electron chi connectivity index (χ3n) is 7.96. The van der Waals surface area contributed by atoms with Gasteiger partial charge in [-0.3, -0.25) is 9.58 Å². The van der Waals surface area contributed by atoms with Crippen molar-refractivity contribution < 1.29 is 27.5 Å². The van der Waals surface area contributed by atoms with E-state index in [1.54, 1.807) is 16.0 Å². The average molecular weight is 489 g/mol. The van der Waals surface area contributed by atoms with Crippen molar-refractivity contribution in [2.24, 2.45) is 5.92 Å². The smallest absolute Gasteiger partial charge is 0.414 e. The lowest BCUT2D eigenvalue weighted by molar-refractivity contribution is 0.138. The van der Waals surface area contributed by atoms with Crippen molar-refractivity contribution in [2.45, 2.75) is 69.6 Å². The number of ether oxygens (including phenoxy) is 1. The molecule has 3 atom stereocenters. The average Bonchev–Trinajstić information content (AvgIpc) is 3.62. The first-order valence-electron chi connectivity index (χ1n) is 12.2. The predicted octanol–water partition coefficient (Wildman–Crippen LogP) is 4.96. The van der Waals surface area contributed by atoms with Crippen molar-refractivity contribution in [3.8, 4) is 0 Å². The molecule has 1 aromatic heterocycles. The molecule has 1 N–H and O–H groups in total. The lowest BCUT2D eigenvalue weighted by Gasteiger charge is -2.39. The summed E-state index contributed by atoms with van der Waals surface area (Å²) in [6.45, 7) is 0.516. The molecule has 2 aromatic rings. The molecule has 11 heteroatoms. The Bertz CT molecular complexity index is 1160. The standard InChI is InChI=1S/C24H26F3N5O3/c25-15-8-14(9-16(26)22(15)27)29-23(33)30-11-20-19(10-28-32(20)18-7-3-6-17(18)30)31-21(12-35-24(31)34)13-4-1-2-5-13/h8-10,13,17-18,21H,1-7,11-12H2,(H,29,33)/t17-,18+,21+/m0/s1. The molecule has 186 valence electrons. The highest BCUT2D eigenvalue weighted by molar-refractivity contribution is 5.92. The Hall–Kier alpha value is -3.24. The van der Waals surface area contributed by atoms with Crippen LogP contribution in [0.4, 0.5) is 34.1 Å². The molecular weight excluding hydrogens is 463 g/mol. The van der Waals surface area contributed by atoms with Crippen molar-refractivity contribution >= 4 is 23.5 Å². The Morgan fingerprint density at radius 3 is 2.46 bits per heavy atom. The summed E-state index contributed by atoms with van der Waals surface area (Å²) in [5.41, 5.74) is 1.22. The highest BCUT2D eigenvalue weighted by Crippen LogP contribution is 2.44. The van der Waals surface area contributed by atoms with Gasteiger partial charge in [-0.2, -0.15) is 5.10 Å². The fourth-order valence-electron chi connectivity index (χ4n) is 6.31. The molecule has 2 aliphatic heterocycles. The Morgan fingerprint density at radius 1 is 1.00 bits per heavy atom. The van der Waals surface area contributed by atoms with Crippen molar-refractivity contribution in [1.29, 1.82) is 0 Å². The maximum atomic E-state index is 13.7. The summed E-state index contributed by atoms with van der Waals surface area (Å²) < 4.78 is 48.1. The van der Waals surface area contributed by atoms with Crippen molar-refractivity contribution in [3.05, 3.63) is 41.5 Å². The van der Waals surface area contributed by atoms with Crippen molar-refractivity contribution in [3.63, 3.8) is 0 Å². The Kier molecular flexibility index (Phi) is 5.37. The molecule has 35 heavy (non-hydrogen) atoms. The number of aromatic nitrogens is 2.